The molecule has 2 aromatic carbocycles. The van der Waals surface area contributed by atoms with Crippen LogP contribution in [0.25, 0.3) is 0 Å². The normalized spacial score (nSPS) is 15.1. The van der Waals surface area contributed by atoms with Gasteiger partial charge < -0.3 is 10.2 Å². The van der Waals surface area contributed by atoms with Gasteiger partial charge in [0.15, 0.2) is 0 Å². The summed E-state index contributed by atoms with van der Waals surface area (Å²) >= 11 is 0. The minimum atomic E-state index is -0.289. The first kappa shape index (κ1) is 19.0. The fraction of sp³-hybridized carbons (Fsp3) is 0.300. The first-order valence-electron chi connectivity index (χ1n) is 8.37. The SMILES string of the molecule is Cc1cccc(C)c1NC(=O)/N=C1/CCCN1Cc1ccccc1.Cl. The number of likely N-dealkylation sites (tertiary alicyclic amines) is 1. The number of anilines is 1. The van der Waals surface area contributed by atoms with Crippen molar-refractivity contribution in [2.24, 2.45) is 4.99 Å². The quantitative estimate of drug-likeness (QED) is 0.844. The number of hydrogen-bond donors (Lipinski definition) is 1. The Morgan fingerprint density at radius 1 is 1.08 bits per heavy atom. The second-order valence-corrected chi connectivity index (χ2v) is 6.24. The maximum atomic E-state index is 12.3. The average molecular weight is 358 g/mol. The van der Waals surface area contributed by atoms with Crippen LogP contribution in [0.1, 0.15) is 29.5 Å². The zero-order chi connectivity index (χ0) is 16.9. The highest BCUT2D eigenvalue weighted by molar-refractivity contribution is 6.01. The maximum Gasteiger partial charge on any atom is 0.347 e. The number of benzene rings is 2. The van der Waals surface area contributed by atoms with Crippen molar-refractivity contribution < 1.29 is 4.79 Å². The Hall–Kier alpha value is -2.33. The van der Waals surface area contributed by atoms with E-state index >= 15 is 0 Å². The largest absolute Gasteiger partial charge is 0.356 e. The van der Waals surface area contributed by atoms with Gasteiger partial charge in [-0.15, -0.1) is 12.4 Å². The van der Waals surface area contributed by atoms with Gasteiger partial charge in [0, 0.05) is 25.2 Å². The number of nitrogens with one attached hydrogen (secondary N) is 1. The molecule has 1 aliphatic rings. The highest BCUT2D eigenvalue weighted by Crippen LogP contribution is 2.20. The molecule has 0 spiro atoms. The molecule has 1 fully saturated rings. The molecule has 0 aromatic heterocycles. The number of urea groups is 1. The summed E-state index contributed by atoms with van der Waals surface area (Å²) in [6, 6.07) is 16.0. The number of para-hydroxylation sites is 1. The fourth-order valence-corrected chi connectivity index (χ4v) is 3.08. The van der Waals surface area contributed by atoms with Gasteiger partial charge in [-0.25, -0.2) is 4.79 Å². The van der Waals surface area contributed by atoms with E-state index in [4.69, 9.17) is 0 Å². The molecule has 0 radical (unpaired) electrons. The van der Waals surface area contributed by atoms with E-state index in [0.717, 1.165) is 48.6 Å². The summed E-state index contributed by atoms with van der Waals surface area (Å²) in [6.45, 7) is 5.74. The van der Waals surface area contributed by atoms with Crippen LogP contribution in [0.5, 0.6) is 0 Å². The molecule has 1 saturated heterocycles. The summed E-state index contributed by atoms with van der Waals surface area (Å²) in [6.07, 6.45) is 1.90. The van der Waals surface area contributed by atoms with E-state index in [-0.39, 0.29) is 18.4 Å². The Morgan fingerprint density at radius 2 is 1.76 bits per heavy atom. The number of aliphatic imine (C=N–C) groups is 1. The van der Waals surface area contributed by atoms with Crippen LogP contribution in [0.4, 0.5) is 10.5 Å². The van der Waals surface area contributed by atoms with Gasteiger partial charge in [0.05, 0.1) is 0 Å². The number of carbonyl (C=O) groups excluding carboxylic acids is 1. The number of halogens is 1. The van der Waals surface area contributed by atoms with Crippen molar-refractivity contribution >= 4 is 30.0 Å². The molecule has 25 heavy (non-hydrogen) atoms. The van der Waals surface area contributed by atoms with Crippen LogP contribution in [0.3, 0.4) is 0 Å². The topological polar surface area (TPSA) is 44.7 Å². The van der Waals surface area contributed by atoms with Gasteiger partial charge in [0.25, 0.3) is 0 Å². The summed E-state index contributed by atoms with van der Waals surface area (Å²) in [7, 11) is 0. The van der Waals surface area contributed by atoms with Crippen LogP contribution in [-0.4, -0.2) is 23.3 Å². The van der Waals surface area contributed by atoms with Gasteiger partial charge in [-0.05, 0) is 37.0 Å². The molecule has 5 heteroatoms. The van der Waals surface area contributed by atoms with Crippen molar-refractivity contribution in [1.82, 2.24) is 4.90 Å². The number of amides is 2. The third kappa shape index (κ3) is 4.83. The van der Waals surface area contributed by atoms with Gasteiger partial charge in [-0.3, -0.25) is 0 Å². The van der Waals surface area contributed by atoms with E-state index in [2.05, 4.69) is 27.3 Å². The van der Waals surface area contributed by atoms with Crippen LogP contribution in [0.2, 0.25) is 0 Å². The molecule has 0 unspecified atom stereocenters. The molecule has 1 N–H and O–H groups in total. The lowest BCUT2D eigenvalue weighted by molar-refractivity contribution is 0.259. The fourth-order valence-electron chi connectivity index (χ4n) is 3.08. The van der Waals surface area contributed by atoms with Crippen molar-refractivity contribution in [2.45, 2.75) is 33.2 Å². The molecule has 0 saturated carbocycles. The average Bonchev–Trinajstić information content (AvgIpc) is 2.99. The minimum Gasteiger partial charge on any atom is -0.356 e. The highest BCUT2D eigenvalue weighted by Gasteiger charge is 2.20. The standard InChI is InChI=1S/C20H23N3O.ClH/c1-15-8-6-9-16(2)19(15)22-20(24)21-18-12-7-13-23(18)14-17-10-4-3-5-11-17;/h3-6,8-11H,7,12-14H2,1-2H3,(H,22,24);1H/b21-18-;. The van der Waals surface area contributed by atoms with Gasteiger partial charge in [-0.2, -0.15) is 4.99 Å². The first-order valence-corrected chi connectivity index (χ1v) is 8.37. The Balaban J connectivity index is 0.00000225. The highest BCUT2D eigenvalue weighted by atomic mass is 35.5. The molecule has 2 amide bonds. The van der Waals surface area contributed by atoms with E-state index in [1.165, 1.54) is 5.56 Å². The minimum absolute atomic E-state index is 0. The smallest absolute Gasteiger partial charge is 0.347 e. The third-order valence-corrected chi connectivity index (χ3v) is 4.35. The van der Waals surface area contributed by atoms with Crippen molar-refractivity contribution in [3.8, 4) is 0 Å². The van der Waals surface area contributed by atoms with E-state index in [0.29, 0.717) is 0 Å². The monoisotopic (exact) mass is 357 g/mol. The first-order chi connectivity index (χ1) is 11.6. The van der Waals surface area contributed by atoms with Crippen molar-refractivity contribution in [3.05, 3.63) is 65.2 Å². The summed E-state index contributed by atoms with van der Waals surface area (Å²) in [4.78, 5) is 18.9. The third-order valence-electron chi connectivity index (χ3n) is 4.35. The predicted octanol–water partition coefficient (Wildman–Crippen LogP) is 4.95. The van der Waals surface area contributed by atoms with E-state index in [1.54, 1.807) is 0 Å². The molecule has 2 aromatic rings. The zero-order valence-electron chi connectivity index (χ0n) is 14.7. The van der Waals surface area contributed by atoms with E-state index in [1.807, 2.05) is 50.2 Å². The number of carbonyl (C=O) groups is 1. The Bertz CT molecular complexity index is 739. The lowest BCUT2D eigenvalue weighted by Crippen LogP contribution is -2.26. The summed E-state index contributed by atoms with van der Waals surface area (Å²) < 4.78 is 0. The number of rotatable bonds is 3. The second kappa shape index (κ2) is 8.67. The molecular weight excluding hydrogens is 334 g/mol. The molecule has 132 valence electrons. The van der Waals surface area contributed by atoms with Crippen molar-refractivity contribution in [3.63, 3.8) is 0 Å². The zero-order valence-corrected chi connectivity index (χ0v) is 15.5. The molecule has 1 heterocycles. The Kier molecular flexibility index (Phi) is 6.59. The summed E-state index contributed by atoms with van der Waals surface area (Å²) in [5.74, 6) is 0.877. The van der Waals surface area contributed by atoms with Crippen LogP contribution in [0, 0.1) is 13.8 Å². The number of amidine groups is 1. The van der Waals surface area contributed by atoms with E-state index < -0.39 is 0 Å². The number of aryl methyl sites for hydroxylation is 2. The summed E-state index contributed by atoms with van der Waals surface area (Å²) in [5, 5.41) is 2.94. The molecule has 1 aliphatic heterocycles. The van der Waals surface area contributed by atoms with Gasteiger partial charge in [0.1, 0.15) is 5.84 Å². The van der Waals surface area contributed by atoms with Crippen LogP contribution in [-0.2, 0) is 6.54 Å². The van der Waals surface area contributed by atoms with Crippen molar-refractivity contribution in [2.75, 3.05) is 11.9 Å². The Labute approximate surface area is 155 Å². The Morgan fingerprint density at radius 3 is 2.44 bits per heavy atom. The lowest BCUT2D eigenvalue weighted by Gasteiger charge is -2.19. The van der Waals surface area contributed by atoms with Crippen LogP contribution >= 0.6 is 12.4 Å². The van der Waals surface area contributed by atoms with Gasteiger partial charge in [0.2, 0.25) is 0 Å². The summed E-state index contributed by atoms with van der Waals surface area (Å²) in [5.41, 5.74) is 4.20. The second-order valence-electron chi connectivity index (χ2n) is 6.24. The maximum absolute atomic E-state index is 12.3. The molecule has 3 rings (SSSR count). The molecule has 0 bridgehead atoms. The van der Waals surface area contributed by atoms with Gasteiger partial charge >= 0.3 is 6.03 Å². The molecular formula is C20H24ClN3O. The molecule has 0 aliphatic carbocycles. The number of hydrogen-bond acceptors (Lipinski definition) is 1. The van der Waals surface area contributed by atoms with Gasteiger partial charge in [-0.1, -0.05) is 48.5 Å². The molecule has 4 nitrogen and oxygen atoms in total. The van der Waals surface area contributed by atoms with E-state index in [9.17, 15) is 4.79 Å². The number of nitrogens with zero attached hydrogens (tertiary/aromatic N) is 2. The predicted molar refractivity (Wildman–Crippen MR) is 106 cm³/mol. The van der Waals surface area contributed by atoms with Crippen LogP contribution < -0.4 is 5.32 Å². The van der Waals surface area contributed by atoms with Crippen molar-refractivity contribution in [1.29, 1.82) is 0 Å². The van der Waals surface area contributed by atoms with Crippen LogP contribution in [0.15, 0.2) is 53.5 Å². The molecule has 0 atom stereocenters. The lowest BCUT2D eigenvalue weighted by atomic mass is 10.1.